The Morgan fingerprint density at radius 1 is 1.22 bits per heavy atom. The van der Waals surface area contributed by atoms with Crippen molar-refractivity contribution in [2.75, 3.05) is 39.3 Å². The van der Waals surface area contributed by atoms with Crippen LogP contribution in [0.5, 0.6) is 0 Å². The first-order valence-corrected chi connectivity index (χ1v) is 6.16. The maximum absolute atomic E-state index is 8.52. The molecule has 0 bridgehead atoms. The second-order valence-electron chi connectivity index (χ2n) is 4.48. The Morgan fingerprint density at radius 2 is 1.94 bits per heavy atom. The summed E-state index contributed by atoms with van der Waals surface area (Å²) in [4.78, 5) is 4.60. The van der Waals surface area contributed by atoms with Crippen molar-refractivity contribution in [2.45, 2.75) is 6.54 Å². The van der Waals surface area contributed by atoms with E-state index in [1.54, 1.807) is 6.20 Å². The fourth-order valence-electron chi connectivity index (χ4n) is 2.11. The van der Waals surface area contributed by atoms with Crippen LogP contribution in [0.2, 0.25) is 0 Å². The summed E-state index contributed by atoms with van der Waals surface area (Å²) in [6.07, 6.45) is 3.78. The molecule has 18 heavy (non-hydrogen) atoms. The molecule has 7 heteroatoms. The lowest BCUT2D eigenvalue weighted by molar-refractivity contribution is 0.139. The lowest BCUT2D eigenvalue weighted by atomic mass is 10.3. The van der Waals surface area contributed by atoms with Crippen LogP contribution in [0, 0.1) is 0 Å². The molecule has 3 N–H and O–H groups in total. The largest absolute Gasteiger partial charge is 0.409 e. The van der Waals surface area contributed by atoms with Gasteiger partial charge in [-0.1, -0.05) is 5.16 Å². The summed E-state index contributed by atoms with van der Waals surface area (Å²) in [5, 5.41) is 15.7. The Kier molecular flexibility index (Phi) is 4.54. The van der Waals surface area contributed by atoms with E-state index in [4.69, 9.17) is 10.9 Å². The van der Waals surface area contributed by atoms with Crippen LogP contribution in [0.3, 0.4) is 0 Å². The van der Waals surface area contributed by atoms with Gasteiger partial charge < -0.3 is 10.9 Å². The van der Waals surface area contributed by atoms with Crippen molar-refractivity contribution < 1.29 is 5.21 Å². The number of hydrogen-bond acceptors (Lipinski definition) is 5. The predicted molar refractivity (Wildman–Crippen MR) is 68.5 cm³/mol. The molecule has 1 fully saturated rings. The van der Waals surface area contributed by atoms with E-state index in [0.717, 1.165) is 39.3 Å². The Hall–Kier alpha value is -1.60. The predicted octanol–water partition coefficient (Wildman–Crippen LogP) is -0.753. The third-order valence-corrected chi connectivity index (χ3v) is 3.18. The Morgan fingerprint density at radius 3 is 2.56 bits per heavy atom. The topological polar surface area (TPSA) is 82.9 Å². The summed E-state index contributed by atoms with van der Waals surface area (Å²) in [7, 11) is 0. The Bertz CT molecular complexity index is 369. The van der Waals surface area contributed by atoms with Gasteiger partial charge >= 0.3 is 0 Å². The van der Waals surface area contributed by atoms with E-state index in [-0.39, 0.29) is 5.84 Å². The van der Waals surface area contributed by atoms with Crippen molar-refractivity contribution in [3.63, 3.8) is 0 Å². The number of aromatic nitrogens is 2. The molecule has 0 spiro atoms. The molecule has 100 valence electrons. The molecule has 1 aliphatic heterocycles. The van der Waals surface area contributed by atoms with E-state index in [2.05, 4.69) is 20.1 Å². The molecule has 0 aliphatic carbocycles. The molecule has 7 nitrogen and oxygen atoms in total. The molecule has 2 rings (SSSR count). The quantitative estimate of drug-likeness (QED) is 0.312. The first-order chi connectivity index (χ1) is 8.78. The van der Waals surface area contributed by atoms with Crippen LogP contribution in [0.1, 0.15) is 0 Å². The van der Waals surface area contributed by atoms with Crippen molar-refractivity contribution in [1.29, 1.82) is 0 Å². The van der Waals surface area contributed by atoms with Crippen LogP contribution in [0.15, 0.2) is 23.6 Å². The van der Waals surface area contributed by atoms with Gasteiger partial charge in [0.2, 0.25) is 0 Å². The minimum atomic E-state index is 0.278. The maximum atomic E-state index is 8.52. The van der Waals surface area contributed by atoms with Gasteiger partial charge in [0.1, 0.15) is 0 Å². The van der Waals surface area contributed by atoms with Gasteiger partial charge in [-0.2, -0.15) is 5.10 Å². The molecule has 1 saturated heterocycles. The average Bonchev–Trinajstić information content (AvgIpc) is 2.91. The summed E-state index contributed by atoms with van der Waals surface area (Å²) in [5.74, 6) is 0.278. The number of rotatable bonds is 5. The zero-order chi connectivity index (χ0) is 12.8. The van der Waals surface area contributed by atoms with Gasteiger partial charge in [-0.25, -0.2) is 0 Å². The summed E-state index contributed by atoms with van der Waals surface area (Å²) in [6, 6.07) is 1.94. The van der Waals surface area contributed by atoms with Gasteiger partial charge in [-0.3, -0.25) is 14.5 Å². The highest BCUT2D eigenvalue weighted by Gasteiger charge is 2.17. The number of oxime groups is 1. The first kappa shape index (κ1) is 12.8. The van der Waals surface area contributed by atoms with Crippen molar-refractivity contribution >= 4 is 5.84 Å². The minimum absolute atomic E-state index is 0.278. The Labute approximate surface area is 106 Å². The fraction of sp³-hybridized carbons (Fsp3) is 0.636. The molecule has 2 heterocycles. The van der Waals surface area contributed by atoms with Crippen LogP contribution < -0.4 is 5.73 Å². The molecule has 0 saturated carbocycles. The zero-order valence-electron chi connectivity index (χ0n) is 10.4. The van der Waals surface area contributed by atoms with E-state index in [1.807, 2.05) is 16.9 Å². The molecule has 0 amide bonds. The lowest BCUT2D eigenvalue weighted by Crippen LogP contribution is -2.49. The number of nitrogens with two attached hydrogens (primary N) is 1. The molecule has 1 aromatic heterocycles. The van der Waals surface area contributed by atoms with Gasteiger partial charge in [0.15, 0.2) is 5.84 Å². The summed E-state index contributed by atoms with van der Waals surface area (Å²) in [6.45, 7) is 6.42. The second kappa shape index (κ2) is 6.36. The number of nitrogens with zero attached hydrogens (tertiary/aromatic N) is 5. The summed E-state index contributed by atoms with van der Waals surface area (Å²) < 4.78 is 1.95. The standard InChI is InChI=1S/C11H20N6O/c12-11(14-18)10-16-6-4-15(5-7-16)8-9-17-3-1-2-13-17/h1-3,18H,4-10H2,(H2,12,14). The van der Waals surface area contributed by atoms with E-state index in [0.29, 0.717) is 6.54 Å². The number of amidine groups is 1. The first-order valence-electron chi connectivity index (χ1n) is 6.16. The third-order valence-electron chi connectivity index (χ3n) is 3.18. The molecule has 1 aliphatic rings. The van der Waals surface area contributed by atoms with Crippen molar-refractivity contribution in [2.24, 2.45) is 10.9 Å². The van der Waals surface area contributed by atoms with Crippen LogP contribution >= 0.6 is 0 Å². The van der Waals surface area contributed by atoms with Crippen LogP contribution in [0.25, 0.3) is 0 Å². The van der Waals surface area contributed by atoms with E-state index in [1.165, 1.54) is 0 Å². The zero-order valence-corrected chi connectivity index (χ0v) is 10.4. The summed E-state index contributed by atoms with van der Waals surface area (Å²) in [5.41, 5.74) is 5.49. The van der Waals surface area contributed by atoms with Gasteiger partial charge in [0.25, 0.3) is 0 Å². The second-order valence-corrected chi connectivity index (χ2v) is 4.48. The smallest absolute Gasteiger partial charge is 0.153 e. The van der Waals surface area contributed by atoms with Gasteiger partial charge in [-0.15, -0.1) is 0 Å². The molecule has 0 atom stereocenters. The SMILES string of the molecule is N/C(CN1CCN(CCn2cccn2)CC1)=N\O. The van der Waals surface area contributed by atoms with Crippen molar-refractivity contribution in [3.8, 4) is 0 Å². The van der Waals surface area contributed by atoms with Gasteiger partial charge in [0, 0.05) is 45.1 Å². The normalized spacial score (nSPS) is 19.2. The molecule has 1 aromatic rings. The Balaban J connectivity index is 1.67. The van der Waals surface area contributed by atoms with E-state index < -0.39 is 0 Å². The van der Waals surface area contributed by atoms with Crippen LogP contribution in [0.4, 0.5) is 0 Å². The molecular formula is C11H20N6O. The fourth-order valence-corrected chi connectivity index (χ4v) is 2.11. The number of piperazine rings is 1. The van der Waals surface area contributed by atoms with Gasteiger partial charge in [0.05, 0.1) is 13.1 Å². The van der Waals surface area contributed by atoms with Crippen molar-refractivity contribution in [3.05, 3.63) is 18.5 Å². The highest BCUT2D eigenvalue weighted by atomic mass is 16.4. The highest BCUT2D eigenvalue weighted by molar-refractivity contribution is 5.81. The monoisotopic (exact) mass is 252 g/mol. The van der Waals surface area contributed by atoms with Gasteiger partial charge in [-0.05, 0) is 6.07 Å². The maximum Gasteiger partial charge on any atom is 0.153 e. The van der Waals surface area contributed by atoms with Crippen molar-refractivity contribution in [1.82, 2.24) is 19.6 Å². The van der Waals surface area contributed by atoms with Crippen LogP contribution in [-0.4, -0.2) is 69.9 Å². The number of hydrogen-bond donors (Lipinski definition) is 2. The minimum Gasteiger partial charge on any atom is -0.409 e. The van der Waals surface area contributed by atoms with Crippen LogP contribution in [-0.2, 0) is 6.54 Å². The summed E-state index contributed by atoms with van der Waals surface area (Å²) >= 11 is 0. The van der Waals surface area contributed by atoms with E-state index in [9.17, 15) is 0 Å². The molecule has 0 unspecified atom stereocenters. The molecule has 0 radical (unpaired) electrons. The van der Waals surface area contributed by atoms with E-state index >= 15 is 0 Å². The highest BCUT2D eigenvalue weighted by Crippen LogP contribution is 2.01. The third kappa shape index (κ3) is 3.71. The molecular weight excluding hydrogens is 232 g/mol. The average molecular weight is 252 g/mol. The lowest BCUT2D eigenvalue weighted by Gasteiger charge is -2.34. The molecule has 0 aromatic carbocycles.